The monoisotopic (exact) mass is 375 g/mol. The van der Waals surface area contributed by atoms with E-state index in [1.54, 1.807) is 32.1 Å². The maximum absolute atomic E-state index is 12.6. The number of hydrogen-bond acceptors (Lipinski definition) is 5. The average Bonchev–Trinajstić information content (AvgIpc) is 3.10. The van der Waals surface area contributed by atoms with Gasteiger partial charge in [0.15, 0.2) is 11.5 Å². The van der Waals surface area contributed by atoms with E-state index in [1.165, 1.54) is 0 Å². The van der Waals surface area contributed by atoms with Gasteiger partial charge >= 0.3 is 6.09 Å². The molecule has 0 radical (unpaired) electrons. The molecular weight excluding hydrogens is 350 g/mol. The Labute approximate surface area is 157 Å². The number of piperidine rings is 1. The number of likely N-dealkylation sites (tertiary alicyclic amines) is 1. The lowest BCUT2D eigenvalue weighted by atomic mass is 10.1. The molecule has 1 aromatic heterocycles. The van der Waals surface area contributed by atoms with Crippen molar-refractivity contribution in [2.24, 2.45) is 0 Å². The van der Waals surface area contributed by atoms with Gasteiger partial charge in [-0.1, -0.05) is 0 Å². The van der Waals surface area contributed by atoms with Crippen LogP contribution in [-0.2, 0) is 4.74 Å². The second-order valence-electron chi connectivity index (χ2n) is 6.41. The summed E-state index contributed by atoms with van der Waals surface area (Å²) in [7, 11) is 3.15. The second kappa shape index (κ2) is 8.20. The molecule has 1 aromatic carbocycles. The van der Waals surface area contributed by atoms with Crippen LogP contribution >= 0.6 is 0 Å². The molecule has 0 bridgehead atoms. The topological polar surface area (TPSA) is 92.9 Å². The lowest BCUT2D eigenvalue weighted by Gasteiger charge is -2.31. The number of aromatic amines is 1. The van der Waals surface area contributed by atoms with Crippen molar-refractivity contribution in [1.29, 1.82) is 0 Å². The third kappa shape index (κ3) is 4.10. The summed E-state index contributed by atoms with van der Waals surface area (Å²) in [5, 5.41) is 3.90. The van der Waals surface area contributed by atoms with E-state index in [9.17, 15) is 9.59 Å². The molecule has 8 nitrogen and oxygen atoms in total. The average molecular weight is 375 g/mol. The summed E-state index contributed by atoms with van der Waals surface area (Å²) >= 11 is 0. The summed E-state index contributed by atoms with van der Waals surface area (Å²) in [5.74, 6) is 1.05. The largest absolute Gasteiger partial charge is 0.493 e. The molecule has 2 amide bonds. The number of H-pyrrole nitrogens is 1. The number of fused-ring (bicyclic) bond motifs is 1. The zero-order valence-corrected chi connectivity index (χ0v) is 15.8. The third-order valence-corrected chi connectivity index (χ3v) is 4.73. The molecule has 0 saturated carbocycles. The number of hydrogen-bond donors (Lipinski definition) is 2. The highest BCUT2D eigenvalue weighted by Gasteiger charge is 2.25. The van der Waals surface area contributed by atoms with Gasteiger partial charge in [-0.15, -0.1) is 0 Å². The number of methoxy groups -OCH3 is 2. The molecule has 2 heterocycles. The molecule has 27 heavy (non-hydrogen) atoms. The Morgan fingerprint density at radius 1 is 1.15 bits per heavy atom. The number of aromatic nitrogens is 1. The van der Waals surface area contributed by atoms with Gasteiger partial charge < -0.3 is 29.4 Å². The normalized spacial score (nSPS) is 14.9. The lowest BCUT2D eigenvalue weighted by Crippen LogP contribution is -2.46. The summed E-state index contributed by atoms with van der Waals surface area (Å²) in [5.41, 5.74) is 1.28. The first kappa shape index (κ1) is 18.9. The Morgan fingerprint density at radius 3 is 2.44 bits per heavy atom. The van der Waals surface area contributed by atoms with Gasteiger partial charge in [0.25, 0.3) is 5.91 Å². The van der Waals surface area contributed by atoms with Gasteiger partial charge in [0, 0.05) is 36.1 Å². The van der Waals surface area contributed by atoms with Crippen LogP contribution in [0.25, 0.3) is 10.9 Å². The Bertz CT molecular complexity index is 783. The number of benzene rings is 1. The smallest absolute Gasteiger partial charge is 0.409 e. The highest BCUT2D eigenvalue weighted by Crippen LogP contribution is 2.32. The molecule has 2 N–H and O–H groups in total. The van der Waals surface area contributed by atoms with Crippen LogP contribution < -0.4 is 14.8 Å². The molecule has 0 unspecified atom stereocenters. The van der Waals surface area contributed by atoms with E-state index in [0.717, 1.165) is 10.9 Å². The van der Waals surface area contributed by atoms with Gasteiger partial charge in [-0.3, -0.25) is 4.79 Å². The van der Waals surface area contributed by atoms with Gasteiger partial charge in [0.2, 0.25) is 0 Å². The second-order valence-corrected chi connectivity index (χ2v) is 6.41. The number of rotatable bonds is 5. The van der Waals surface area contributed by atoms with Crippen LogP contribution in [0, 0.1) is 0 Å². The van der Waals surface area contributed by atoms with E-state index < -0.39 is 0 Å². The Morgan fingerprint density at radius 2 is 1.81 bits per heavy atom. The molecule has 3 rings (SSSR count). The summed E-state index contributed by atoms with van der Waals surface area (Å²) < 4.78 is 15.6. The molecule has 2 aromatic rings. The third-order valence-electron chi connectivity index (χ3n) is 4.73. The SMILES string of the molecule is CCOC(=O)N1CCC(NC(=O)c2cc3cc(OC)c(OC)cc3[nH]2)CC1. The van der Waals surface area contributed by atoms with Crippen molar-refractivity contribution in [3.8, 4) is 11.5 Å². The molecule has 146 valence electrons. The molecule has 1 aliphatic rings. The summed E-state index contributed by atoms with van der Waals surface area (Å²) in [6.07, 6.45) is 1.11. The minimum absolute atomic E-state index is 0.0265. The molecule has 1 aliphatic heterocycles. The minimum Gasteiger partial charge on any atom is -0.493 e. The van der Waals surface area contributed by atoms with E-state index in [1.807, 2.05) is 12.1 Å². The molecule has 0 atom stereocenters. The van der Waals surface area contributed by atoms with Crippen molar-refractivity contribution in [2.75, 3.05) is 33.9 Å². The predicted molar refractivity (Wildman–Crippen MR) is 100 cm³/mol. The molecule has 0 spiro atoms. The molecular formula is C19H25N3O5. The van der Waals surface area contributed by atoms with Gasteiger partial charge in [-0.25, -0.2) is 4.79 Å². The van der Waals surface area contributed by atoms with Crippen molar-refractivity contribution in [3.05, 3.63) is 23.9 Å². The maximum atomic E-state index is 12.6. The van der Waals surface area contributed by atoms with Crippen molar-refractivity contribution < 1.29 is 23.8 Å². The molecule has 0 aliphatic carbocycles. The first-order chi connectivity index (χ1) is 13.0. The molecule has 1 fully saturated rings. The maximum Gasteiger partial charge on any atom is 0.409 e. The summed E-state index contributed by atoms with van der Waals surface area (Å²) in [6.45, 7) is 3.30. The summed E-state index contributed by atoms with van der Waals surface area (Å²) in [6, 6.07) is 5.46. The van der Waals surface area contributed by atoms with Crippen LogP contribution in [0.5, 0.6) is 11.5 Å². The first-order valence-corrected chi connectivity index (χ1v) is 9.03. The number of carbonyl (C=O) groups excluding carboxylic acids is 2. The van der Waals surface area contributed by atoms with E-state index in [2.05, 4.69) is 10.3 Å². The van der Waals surface area contributed by atoms with Crippen molar-refractivity contribution in [2.45, 2.75) is 25.8 Å². The van der Waals surface area contributed by atoms with E-state index in [0.29, 0.717) is 49.7 Å². The van der Waals surface area contributed by atoms with Gasteiger partial charge in [-0.2, -0.15) is 0 Å². The van der Waals surface area contributed by atoms with Gasteiger partial charge in [0.1, 0.15) is 5.69 Å². The summed E-state index contributed by atoms with van der Waals surface area (Å²) in [4.78, 5) is 29.1. The number of nitrogens with one attached hydrogen (secondary N) is 2. The Balaban J connectivity index is 1.64. The van der Waals surface area contributed by atoms with Crippen LogP contribution in [0.15, 0.2) is 18.2 Å². The lowest BCUT2D eigenvalue weighted by molar-refractivity contribution is 0.0857. The van der Waals surface area contributed by atoms with E-state index >= 15 is 0 Å². The standard InChI is InChI=1S/C19H25N3O5/c1-4-27-19(24)22-7-5-13(6-8-22)20-18(23)15-9-12-10-16(25-2)17(26-3)11-14(12)21-15/h9-11,13,21H,4-8H2,1-3H3,(H,20,23). The molecule has 8 heteroatoms. The number of carbonyl (C=O) groups is 2. The number of amides is 2. The van der Waals surface area contributed by atoms with Crippen LogP contribution in [-0.4, -0.2) is 61.8 Å². The first-order valence-electron chi connectivity index (χ1n) is 9.03. The van der Waals surface area contributed by atoms with Crippen LogP contribution in [0.2, 0.25) is 0 Å². The Kier molecular flexibility index (Phi) is 5.73. The molecule has 1 saturated heterocycles. The van der Waals surface area contributed by atoms with Crippen molar-refractivity contribution in [3.63, 3.8) is 0 Å². The van der Waals surface area contributed by atoms with Crippen molar-refractivity contribution >= 4 is 22.9 Å². The van der Waals surface area contributed by atoms with Crippen LogP contribution in [0.1, 0.15) is 30.3 Å². The van der Waals surface area contributed by atoms with Crippen molar-refractivity contribution in [1.82, 2.24) is 15.2 Å². The highest BCUT2D eigenvalue weighted by atomic mass is 16.6. The highest BCUT2D eigenvalue weighted by molar-refractivity contribution is 5.98. The number of ether oxygens (including phenoxy) is 3. The fraction of sp³-hybridized carbons (Fsp3) is 0.474. The zero-order chi connectivity index (χ0) is 19.4. The fourth-order valence-electron chi connectivity index (χ4n) is 3.27. The van der Waals surface area contributed by atoms with E-state index in [-0.39, 0.29) is 18.0 Å². The fourth-order valence-corrected chi connectivity index (χ4v) is 3.27. The zero-order valence-electron chi connectivity index (χ0n) is 15.8. The van der Waals surface area contributed by atoms with Gasteiger partial charge in [0.05, 0.1) is 20.8 Å². The Hall–Kier alpha value is -2.90. The number of nitrogens with zero attached hydrogens (tertiary/aromatic N) is 1. The minimum atomic E-state index is -0.291. The quantitative estimate of drug-likeness (QED) is 0.838. The van der Waals surface area contributed by atoms with Gasteiger partial charge in [-0.05, 0) is 31.9 Å². The van der Waals surface area contributed by atoms with E-state index in [4.69, 9.17) is 14.2 Å². The van der Waals surface area contributed by atoms with Crippen LogP contribution in [0.3, 0.4) is 0 Å². The predicted octanol–water partition coefficient (Wildman–Crippen LogP) is 2.54. The van der Waals surface area contributed by atoms with Crippen LogP contribution in [0.4, 0.5) is 4.79 Å².